The highest BCUT2D eigenvalue weighted by atomic mass is 35.5. The molecule has 1 amide bonds. The molecule has 3 nitrogen and oxygen atoms in total. The van der Waals surface area contributed by atoms with Crippen LogP contribution in [0.1, 0.15) is 43.6 Å². The first-order valence-corrected chi connectivity index (χ1v) is 8.44. The largest absolute Gasteiger partial charge is 0.353 e. The number of benzene rings is 1. The van der Waals surface area contributed by atoms with Crippen molar-refractivity contribution in [1.29, 1.82) is 0 Å². The molecule has 0 spiro atoms. The van der Waals surface area contributed by atoms with E-state index in [0.717, 1.165) is 19.3 Å². The van der Waals surface area contributed by atoms with Crippen molar-refractivity contribution in [3.63, 3.8) is 0 Å². The molecular weight excluding hydrogens is 303 g/mol. The summed E-state index contributed by atoms with van der Waals surface area (Å²) in [6, 6.07) is 4.84. The SMILES string of the molecule is NCC1CCCCC1NC(=O)C1CC1c1c(F)cccc1Cl. The molecule has 2 aliphatic rings. The van der Waals surface area contributed by atoms with Gasteiger partial charge in [-0.2, -0.15) is 0 Å². The van der Waals surface area contributed by atoms with Crippen LogP contribution in [0, 0.1) is 17.7 Å². The van der Waals surface area contributed by atoms with E-state index in [1.165, 1.54) is 12.5 Å². The second kappa shape index (κ2) is 6.55. The van der Waals surface area contributed by atoms with Gasteiger partial charge in [-0.15, -0.1) is 0 Å². The monoisotopic (exact) mass is 324 g/mol. The number of amides is 1. The van der Waals surface area contributed by atoms with Crippen LogP contribution in [-0.4, -0.2) is 18.5 Å². The maximum absolute atomic E-state index is 13.9. The summed E-state index contributed by atoms with van der Waals surface area (Å²) in [5.41, 5.74) is 6.29. The summed E-state index contributed by atoms with van der Waals surface area (Å²) in [5, 5.41) is 3.55. The number of carbonyl (C=O) groups excluding carboxylic acids is 1. The number of nitrogens with two attached hydrogens (primary N) is 1. The zero-order valence-corrected chi connectivity index (χ0v) is 13.3. The summed E-state index contributed by atoms with van der Waals surface area (Å²) < 4.78 is 13.9. The first kappa shape index (κ1) is 15.8. The fourth-order valence-electron chi connectivity index (χ4n) is 3.64. The van der Waals surface area contributed by atoms with Gasteiger partial charge in [0.25, 0.3) is 0 Å². The third kappa shape index (κ3) is 3.13. The zero-order valence-electron chi connectivity index (χ0n) is 12.5. The molecule has 0 saturated heterocycles. The summed E-state index contributed by atoms with van der Waals surface area (Å²) in [6.45, 7) is 0.609. The molecule has 5 heteroatoms. The van der Waals surface area contributed by atoms with Crippen molar-refractivity contribution in [3.05, 3.63) is 34.6 Å². The van der Waals surface area contributed by atoms with Crippen molar-refractivity contribution in [2.45, 2.75) is 44.1 Å². The molecule has 4 unspecified atom stereocenters. The molecule has 1 aromatic carbocycles. The number of carbonyl (C=O) groups is 1. The highest BCUT2D eigenvalue weighted by Crippen LogP contribution is 2.50. The molecule has 3 rings (SSSR count). The second-order valence-electron chi connectivity index (χ2n) is 6.48. The smallest absolute Gasteiger partial charge is 0.223 e. The molecule has 2 saturated carbocycles. The topological polar surface area (TPSA) is 55.1 Å². The third-order valence-electron chi connectivity index (χ3n) is 5.04. The molecule has 2 aliphatic carbocycles. The van der Waals surface area contributed by atoms with Crippen LogP contribution in [0.3, 0.4) is 0 Å². The Morgan fingerprint density at radius 2 is 2.14 bits per heavy atom. The minimum atomic E-state index is -0.315. The van der Waals surface area contributed by atoms with Gasteiger partial charge < -0.3 is 11.1 Å². The molecule has 120 valence electrons. The summed E-state index contributed by atoms with van der Waals surface area (Å²) in [5.74, 6) is -0.171. The Kier molecular flexibility index (Phi) is 4.69. The van der Waals surface area contributed by atoms with Gasteiger partial charge in [-0.3, -0.25) is 4.79 Å². The Bertz CT molecular complexity index is 545. The Morgan fingerprint density at radius 1 is 1.36 bits per heavy atom. The van der Waals surface area contributed by atoms with E-state index in [1.54, 1.807) is 12.1 Å². The van der Waals surface area contributed by atoms with Crippen molar-refractivity contribution in [3.8, 4) is 0 Å². The average molecular weight is 325 g/mol. The number of hydrogen-bond acceptors (Lipinski definition) is 2. The van der Waals surface area contributed by atoms with Crippen LogP contribution in [0.2, 0.25) is 5.02 Å². The first-order valence-electron chi connectivity index (χ1n) is 8.06. The normalized spacial score (nSPS) is 30.9. The van der Waals surface area contributed by atoms with E-state index < -0.39 is 0 Å². The molecule has 2 fully saturated rings. The maximum atomic E-state index is 13.9. The molecule has 0 bridgehead atoms. The maximum Gasteiger partial charge on any atom is 0.223 e. The number of halogens is 2. The molecule has 0 radical (unpaired) electrons. The molecule has 4 atom stereocenters. The first-order chi connectivity index (χ1) is 10.6. The second-order valence-corrected chi connectivity index (χ2v) is 6.89. The van der Waals surface area contributed by atoms with E-state index in [0.29, 0.717) is 29.5 Å². The van der Waals surface area contributed by atoms with Gasteiger partial charge in [-0.25, -0.2) is 4.39 Å². The van der Waals surface area contributed by atoms with Crippen LogP contribution in [0.25, 0.3) is 0 Å². The summed E-state index contributed by atoms with van der Waals surface area (Å²) in [7, 11) is 0. The van der Waals surface area contributed by atoms with E-state index in [4.69, 9.17) is 17.3 Å². The molecular formula is C17H22ClFN2O. The van der Waals surface area contributed by atoms with Crippen LogP contribution < -0.4 is 11.1 Å². The lowest BCUT2D eigenvalue weighted by molar-refractivity contribution is -0.123. The van der Waals surface area contributed by atoms with Gasteiger partial charge in [0.05, 0.1) is 0 Å². The van der Waals surface area contributed by atoms with Crippen LogP contribution in [0.15, 0.2) is 18.2 Å². The number of nitrogens with one attached hydrogen (secondary N) is 1. The van der Waals surface area contributed by atoms with Crippen LogP contribution in [0.4, 0.5) is 4.39 Å². The minimum absolute atomic E-state index is 0.0228. The Balaban J connectivity index is 1.63. The lowest BCUT2D eigenvalue weighted by atomic mass is 9.84. The standard InChI is InChI=1S/C17H22ClFN2O/c18-13-5-3-6-14(19)16(13)11-8-12(11)17(22)21-15-7-2-1-4-10(15)9-20/h3,5-6,10-12,15H,1-2,4,7-9,20H2,(H,21,22). The van der Waals surface area contributed by atoms with Gasteiger partial charge in [-0.1, -0.05) is 30.5 Å². The Hall–Kier alpha value is -1.13. The van der Waals surface area contributed by atoms with Gasteiger partial charge in [0.1, 0.15) is 5.82 Å². The average Bonchev–Trinajstić information content (AvgIpc) is 3.28. The van der Waals surface area contributed by atoms with Gasteiger partial charge in [0.15, 0.2) is 0 Å². The van der Waals surface area contributed by atoms with E-state index in [2.05, 4.69) is 5.32 Å². The highest BCUT2D eigenvalue weighted by Gasteiger charge is 2.46. The van der Waals surface area contributed by atoms with Crippen molar-refractivity contribution in [2.75, 3.05) is 6.54 Å². The van der Waals surface area contributed by atoms with Crippen molar-refractivity contribution < 1.29 is 9.18 Å². The lowest BCUT2D eigenvalue weighted by Crippen LogP contribution is -2.45. The third-order valence-corrected chi connectivity index (χ3v) is 5.37. The quantitative estimate of drug-likeness (QED) is 0.893. The van der Waals surface area contributed by atoms with Crippen LogP contribution in [0.5, 0.6) is 0 Å². The van der Waals surface area contributed by atoms with E-state index in [1.807, 2.05) is 0 Å². The molecule has 22 heavy (non-hydrogen) atoms. The number of hydrogen-bond donors (Lipinski definition) is 2. The Morgan fingerprint density at radius 3 is 2.86 bits per heavy atom. The van der Waals surface area contributed by atoms with Crippen LogP contribution in [-0.2, 0) is 4.79 Å². The lowest BCUT2D eigenvalue weighted by Gasteiger charge is -2.31. The van der Waals surface area contributed by atoms with Crippen LogP contribution >= 0.6 is 11.6 Å². The molecule has 1 aromatic rings. The summed E-state index contributed by atoms with van der Waals surface area (Å²) in [4.78, 5) is 12.4. The van der Waals surface area contributed by atoms with E-state index >= 15 is 0 Å². The zero-order chi connectivity index (χ0) is 15.7. The van der Waals surface area contributed by atoms with Crippen molar-refractivity contribution >= 4 is 17.5 Å². The molecule has 3 N–H and O–H groups in total. The molecule has 0 aliphatic heterocycles. The highest BCUT2D eigenvalue weighted by molar-refractivity contribution is 6.31. The van der Waals surface area contributed by atoms with E-state index in [9.17, 15) is 9.18 Å². The van der Waals surface area contributed by atoms with Gasteiger partial charge in [0, 0.05) is 28.5 Å². The predicted molar refractivity (Wildman–Crippen MR) is 85.2 cm³/mol. The van der Waals surface area contributed by atoms with E-state index in [-0.39, 0.29) is 29.6 Å². The van der Waals surface area contributed by atoms with Gasteiger partial charge in [-0.05, 0) is 43.9 Å². The molecule has 0 aromatic heterocycles. The van der Waals surface area contributed by atoms with Crippen molar-refractivity contribution in [2.24, 2.45) is 17.6 Å². The molecule has 0 heterocycles. The predicted octanol–water partition coefficient (Wildman–Crippen LogP) is 3.22. The minimum Gasteiger partial charge on any atom is -0.353 e. The summed E-state index contributed by atoms with van der Waals surface area (Å²) >= 11 is 6.08. The van der Waals surface area contributed by atoms with Gasteiger partial charge >= 0.3 is 0 Å². The van der Waals surface area contributed by atoms with Gasteiger partial charge in [0.2, 0.25) is 5.91 Å². The van der Waals surface area contributed by atoms with Crippen molar-refractivity contribution in [1.82, 2.24) is 5.32 Å². The number of rotatable bonds is 4. The summed E-state index contributed by atoms with van der Waals surface area (Å²) in [6.07, 6.45) is 5.06. The fraction of sp³-hybridized carbons (Fsp3) is 0.588. The Labute approximate surface area is 135 Å². The fourth-order valence-corrected chi connectivity index (χ4v) is 3.94.